The van der Waals surface area contributed by atoms with E-state index in [4.69, 9.17) is 0 Å². The Morgan fingerprint density at radius 2 is 1.83 bits per heavy atom. The van der Waals surface area contributed by atoms with Gasteiger partial charge in [0.2, 0.25) is 0 Å². The second-order valence-corrected chi connectivity index (χ2v) is 5.46. The Morgan fingerprint density at radius 1 is 1.17 bits per heavy atom. The van der Waals surface area contributed by atoms with Gasteiger partial charge in [-0.25, -0.2) is 0 Å². The molecule has 0 aliphatic carbocycles. The molecule has 0 radical (unpaired) electrons. The molecule has 2 aliphatic heterocycles. The monoisotopic (exact) mass is 265 g/mol. The third-order valence-electron chi connectivity index (χ3n) is 3.92. The molecule has 0 spiro atoms. The lowest BCUT2D eigenvalue weighted by Gasteiger charge is -2.42. The molecule has 6 heteroatoms. The van der Waals surface area contributed by atoms with E-state index in [0.717, 1.165) is 32.5 Å². The molecule has 1 N–H and O–H groups in total. The molecule has 0 aromatic rings. The number of alkyl halides is 3. The fraction of sp³-hybridized carbons (Fsp3) is 1.00. The number of piperazine rings is 1. The predicted molar refractivity (Wildman–Crippen MR) is 64.6 cm³/mol. The van der Waals surface area contributed by atoms with E-state index in [1.54, 1.807) is 0 Å². The lowest BCUT2D eigenvalue weighted by molar-refractivity contribution is -0.150. The van der Waals surface area contributed by atoms with Crippen LogP contribution in [0.25, 0.3) is 0 Å². The van der Waals surface area contributed by atoms with Crippen LogP contribution < -0.4 is 5.32 Å². The summed E-state index contributed by atoms with van der Waals surface area (Å²) in [6.07, 6.45) is -1.84. The largest absolute Gasteiger partial charge is 0.401 e. The quantitative estimate of drug-likeness (QED) is 0.812. The highest BCUT2D eigenvalue weighted by Gasteiger charge is 2.33. The van der Waals surface area contributed by atoms with Gasteiger partial charge in [-0.3, -0.25) is 9.80 Å². The van der Waals surface area contributed by atoms with Crippen LogP contribution in [-0.2, 0) is 0 Å². The molecule has 2 aliphatic rings. The normalized spacial score (nSPS) is 32.7. The molecule has 0 aromatic heterocycles. The average Bonchev–Trinajstić information content (AvgIpc) is 2.28. The lowest BCUT2D eigenvalue weighted by atomic mass is 9.98. The van der Waals surface area contributed by atoms with E-state index in [0.29, 0.717) is 25.2 Å². The maximum atomic E-state index is 12.3. The summed E-state index contributed by atoms with van der Waals surface area (Å²) in [5.41, 5.74) is 0. The van der Waals surface area contributed by atoms with Gasteiger partial charge in [-0.15, -0.1) is 0 Å². The fourth-order valence-electron chi connectivity index (χ4n) is 2.98. The minimum absolute atomic E-state index is 0.525. The smallest absolute Gasteiger partial charge is 0.314 e. The molecule has 2 fully saturated rings. The molecular formula is C12H22F3N3. The molecule has 2 unspecified atom stereocenters. The molecule has 0 amide bonds. The highest BCUT2D eigenvalue weighted by Crippen LogP contribution is 2.20. The van der Waals surface area contributed by atoms with Gasteiger partial charge in [-0.2, -0.15) is 13.2 Å². The van der Waals surface area contributed by atoms with Gasteiger partial charge >= 0.3 is 6.18 Å². The maximum absolute atomic E-state index is 12.3. The van der Waals surface area contributed by atoms with E-state index < -0.39 is 12.7 Å². The van der Waals surface area contributed by atoms with Crippen molar-refractivity contribution in [1.29, 1.82) is 0 Å². The number of rotatable bonds is 2. The van der Waals surface area contributed by atoms with Gasteiger partial charge in [-0.05, 0) is 26.3 Å². The minimum atomic E-state index is -4.06. The van der Waals surface area contributed by atoms with Gasteiger partial charge in [0.15, 0.2) is 0 Å². The van der Waals surface area contributed by atoms with Gasteiger partial charge in [0.1, 0.15) is 0 Å². The van der Waals surface area contributed by atoms with Crippen LogP contribution in [0.15, 0.2) is 0 Å². The van der Waals surface area contributed by atoms with Crippen LogP contribution in [0.1, 0.15) is 19.8 Å². The van der Waals surface area contributed by atoms with E-state index in [1.165, 1.54) is 4.90 Å². The molecule has 0 saturated carbocycles. The third kappa shape index (κ3) is 4.10. The fourth-order valence-corrected chi connectivity index (χ4v) is 2.98. The van der Waals surface area contributed by atoms with Crippen molar-refractivity contribution in [1.82, 2.24) is 15.1 Å². The van der Waals surface area contributed by atoms with Gasteiger partial charge in [0.05, 0.1) is 6.54 Å². The van der Waals surface area contributed by atoms with Gasteiger partial charge in [-0.1, -0.05) is 0 Å². The molecule has 2 atom stereocenters. The number of piperidine rings is 1. The van der Waals surface area contributed by atoms with Crippen molar-refractivity contribution in [2.24, 2.45) is 0 Å². The van der Waals surface area contributed by atoms with Crippen LogP contribution in [-0.4, -0.2) is 67.3 Å². The number of halogens is 3. The molecule has 0 aromatic carbocycles. The number of nitrogens with zero attached hydrogens (tertiary/aromatic N) is 2. The van der Waals surface area contributed by atoms with Crippen molar-refractivity contribution in [3.63, 3.8) is 0 Å². The zero-order valence-corrected chi connectivity index (χ0v) is 10.8. The predicted octanol–water partition coefficient (Wildman–Crippen LogP) is 1.31. The number of hydrogen-bond donors (Lipinski definition) is 1. The molecule has 18 heavy (non-hydrogen) atoms. The first-order valence-corrected chi connectivity index (χ1v) is 6.70. The molecule has 3 nitrogen and oxygen atoms in total. The summed E-state index contributed by atoms with van der Waals surface area (Å²) in [7, 11) is 0. The Morgan fingerprint density at radius 3 is 2.39 bits per heavy atom. The summed E-state index contributed by atoms with van der Waals surface area (Å²) < 4.78 is 36.8. The van der Waals surface area contributed by atoms with Crippen molar-refractivity contribution in [2.45, 2.75) is 38.0 Å². The van der Waals surface area contributed by atoms with Crippen molar-refractivity contribution >= 4 is 0 Å². The standard InChI is InChI=1S/C12H22F3N3/c1-10-8-11(2-3-16-10)18-6-4-17(5-7-18)9-12(13,14)15/h10-11,16H,2-9H2,1H3. The highest BCUT2D eigenvalue weighted by atomic mass is 19.4. The van der Waals surface area contributed by atoms with Crippen LogP contribution in [0.2, 0.25) is 0 Å². The summed E-state index contributed by atoms with van der Waals surface area (Å²) in [5, 5.41) is 3.41. The zero-order chi connectivity index (χ0) is 13.2. The summed E-state index contributed by atoms with van der Waals surface area (Å²) in [4.78, 5) is 3.88. The van der Waals surface area contributed by atoms with Crippen LogP contribution in [0, 0.1) is 0 Å². The Hall–Kier alpha value is -0.330. The molecule has 2 rings (SSSR count). The van der Waals surface area contributed by atoms with Crippen LogP contribution in [0.5, 0.6) is 0 Å². The molecule has 2 heterocycles. The summed E-state index contributed by atoms with van der Waals surface area (Å²) >= 11 is 0. The van der Waals surface area contributed by atoms with E-state index >= 15 is 0 Å². The second kappa shape index (κ2) is 5.75. The van der Waals surface area contributed by atoms with Gasteiger partial charge < -0.3 is 5.32 Å². The Balaban J connectivity index is 1.76. The topological polar surface area (TPSA) is 18.5 Å². The number of hydrogen-bond acceptors (Lipinski definition) is 3. The van der Waals surface area contributed by atoms with Crippen molar-refractivity contribution in [2.75, 3.05) is 39.3 Å². The van der Waals surface area contributed by atoms with E-state index in [1.807, 2.05) is 0 Å². The highest BCUT2D eigenvalue weighted by molar-refractivity contribution is 4.85. The minimum Gasteiger partial charge on any atom is -0.314 e. The molecule has 2 saturated heterocycles. The van der Waals surface area contributed by atoms with E-state index in [-0.39, 0.29) is 0 Å². The Bertz CT molecular complexity index is 262. The first kappa shape index (κ1) is 14.1. The third-order valence-corrected chi connectivity index (χ3v) is 3.92. The van der Waals surface area contributed by atoms with E-state index in [2.05, 4.69) is 17.1 Å². The number of nitrogens with one attached hydrogen (secondary N) is 1. The van der Waals surface area contributed by atoms with Gasteiger partial charge in [0, 0.05) is 38.3 Å². The van der Waals surface area contributed by atoms with Crippen LogP contribution in [0.4, 0.5) is 13.2 Å². The van der Waals surface area contributed by atoms with Crippen molar-refractivity contribution in [3.8, 4) is 0 Å². The SMILES string of the molecule is CC1CC(N2CCN(CC(F)(F)F)CC2)CCN1. The maximum Gasteiger partial charge on any atom is 0.401 e. The summed E-state index contributed by atoms with van der Waals surface area (Å²) in [6, 6.07) is 1.08. The van der Waals surface area contributed by atoms with E-state index in [9.17, 15) is 13.2 Å². The van der Waals surface area contributed by atoms with Crippen molar-refractivity contribution < 1.29 is 13.2 Å². The first-order valence-electron chi connectivity index (χ1n) is 6.70. The zero-order valence-electron chi connectivity index (χ0n) is 10.8. The Labute approximate surface area is 106 Å². The summed E-state index contributed by atoms with van der Waals surface area (Å²) in [5.74, 6) is 0. The van der Waals surface area contributed by atoms with Crippen LogP contribution >= 0.6 is 0 Å². The Kier molecular flexibility index (Phi) is 4.50. The molecular weight excluding hydrogens is 243 g/mol. The average molecular weight is 265 g/mol. The molecule has 106 valence electrons. The van der Waals surface area contributed by atoms with Crippen molar-refractivity contribution in [3.05, 3.63) is 0 Å². The molecule has 0 bridgehead atoms. The lowest BCUT2D eigenvalue weighted by Crippen LogP contribution is -2.55. The summed E-state index contributed by atoms with van der Waals surface area (Å²) in [6.45, 7) is 5.06. The first-order chi connectivity index (χ1) is 8.44. The van der Waals surface area contributed by atoms with Crippen LogP contribution in [0.3, 0.4) is 0 Å². The second-order valence-electron chi connectivity index (χ2n) is 5.46. The van der Waals surface area contributed by atoms with Gasteiger partial charge in [0.25, 0.3) is 0 Å².